The van der Waals surface area contributed by atoms with Gasteiger partial charge < -0.3 is 5.11 Å². The molecule has 128 valence electrons. The van der Waals surface area contributed by atoms with Crippen LogP contribution in [0.4, 0.5) is 5.69 Å². The van der Waals surface area contributed by atoms with E-state index in [4.69, 9.17) is 4.99 Å². The molecule has 0 aliphatic heterocycles. The second-order valence-corrected chi connectivity index (χ2v) is 7.11. The van der Waals surface area contributed by atoms with Crippen molar-refractivity contribution in [2.45, 2.75) is 39.5 Å². The number of rotatable bonds is 4. The van der Waals surface area contributed by atoms with Crippen LogP contribution < -0.4 is 0 Å². The number of hydrogen-bond acceptors (Lipinski definition) is 2. The van der Waals surface area contributed by atoms with Crippen molar-refractivity contribution in [2.75, 3.05) is 0 Å². The molecule has 0 amide bonds. The lowest BCUT2D eigenvalue weighted by molar-refractivity contribution is 0.475. The molecule has 3 aromatic carbocycles. The highest BCUT2D eigenvalue weighted by Crippen LogP contribution is 2.35. The van der Waals surface area contributed by atoms with Gasteiger partial charge in [0, 0.05) is 11.8 Å². The summed E-state index contributed by atoms with van der Waals surface area (Å²) in [5.74, 6) is 1.06. The lowest BCUT2D eigenvalue weighted by Gasteiger charge is -2.16. The van der Waals surface area contributed by atoms with Crippen LogP contribution in [0.5, 0.6) is 5.75 Å². The quantitative estimate of drug-likeness (QED) is 0.541. The van der Waals surface area contributed by atoms with Crippen LogP contribution in [0.3, 0.4) is 0 Å². The number of phenolic OH excluding ortho intramolecular Hbond substituents is 1. The summed E-state index contributed by atoms with van der Waals surface area (Å²) in [7, 11) is 0. The van der Waals surface area contributed by atoms with E-state index >= 15 is 0 Å². The SMILES string of the molecule is CC(C)c1cccc(C(C)C)c1N=Cc1cc2ccccc2cc1O. The fourth-order valence-corrected chi connectivity index (χ4v) is 3.14. The van der Waals surface area contributed by atoms with Crippen LogP contribution in [0.2, 0.25) is 0 Å². The Morgan fingerprint density at radius 3 is 1.92 bits per heavy atom. The molecule has 0 spiro atoms. The van der Waals surface area contributed by atoms with E-state index in [1.54, 1.807) is 12.3 Å². The van der Waals surface area contributed by atoms with Crippen molar-refractivity contribution in [3.05, 3.63) is 71.3 Å². The van der Waals surface area contributed by atoms with E-state index in [2.05, 4.69) is 45.9 Å². The van der Waals surface area contributed by atoms with Gasteiger partial charge in [0.1, 0.15) is 5.75 Å². The summed E-state index contributed by atoms with van der Waals surface area (Å²) >= 11 is 0. The van der Waals surface area contributed by atoms with Crippen molar-refractivity contribution in [2.24, 2.45) is 4.99 Å². The van der Waals surface area contributed by atoms with Crippen molar-refractivity contribution < 1.29 is 5.11 Å². The van der Waals surface area contributed by atoms with Crippen LogP contribution in [0.1, 0.15) is 56.2 Å². The second-order valence-electron chi connectivity index (χ2n) is 7.11. The molecule has 0 aliphatic rings. The zero-order valence-corrected chi connectivity index (χ0v) is 15.3. The number of phenols is 1. The lowest BCUT2D eigenvalue weighted by Crippen LogP contribution is -1.96. The number of fused-ring (bicyclic) bond motifs is 1. The van der Waals surface area contributed by atoms with E-state index in [1.165, 1.54) is 11.1 Å². The Morgan fingerprint density at radius 2 is 1.36 bits per heavy atom. The predicted molar refractivity (Wildman–Crippen MR) is 107 cm³/mol. The average molecular weight is 331 g/mol. The average Bonchev–Trinajstić information content (AvgIpc) is 2.59. The molecule has 0 aliphatic carbocycles. The van der Waals surface area contributed by atoms with Gasteiger partial charge in [-0.05, 0) is 45.9 Å². The summed E-state index contributed by atoms with van der Waals surface area (Å²) in [6, 6.07) is 18.2. The molecule has 0 aromatic heterocycles. The molecule has 0 saturated heterocycles. The van der Waals surface area contributed by atoms with E-state index in [1.807, 2.05) is 30.3 Å². The van der Waals surface area contributed by atoms with Crippen molar-refractivity contribution in [3.8, 4) is 5.75 Å². The summed E-state index contributed by atoms with van der Waals surface area (Å²) in [6.45, 7) is 8.75. The first-order valence-electron chi connectivity index (χ1n) is 8.86. The Kier molecular flexibility index (Phi) is 4.89. The van der Waals surface area contributed by atoms with Crippen molar-refractivity contribution >= 4 is 22.7 Å². The highest BCUT2D eigenvalue weighted by molar-refractivity contribution is 5.94. The van der Waals surface area contributed by atoms with Gasteiger partial charge in [0.25, 0.3) is 0 Å². The topological polar surface area (TPSA) is 32.6 Å². The van der Waals surface area contributed by atoms with Gasteiger partial charge in [0.15, 0.2) is 0 Å². The minimum absolute atomic E-state index is 0.260. The first-order valence-corrected chi connectivity index (χ1v) is 8.86. The molecule has 2 heteroatoms. The largest absolute Gasteiger partial charge is 0.507 e. The van der Waals surface area contributed by atoms with Gasteiger partial charge in [0.05, 0.1) is 5.69 Å². The van der Waals surface area contributed by atoms with Crippen molar-refractivity contribution in [1.82, 2.24) is 0 Å². The van der Waals surface area contributed by atoms with Crippen LogP contribution in [-0.4, -0.2) is 11.3 Å². The minimum atomic E-state index is 0.260. The Morgan fingerprint density at radius 1 is 0.800 bits per heavy atom. The molecule has 0 fully saturated rings. The molecule has 1 N–H and O–H groups in total. The highest BCUT2D eigenvalue weighted by atomic mass is 16.3. The van der Waals surface area contributed by atoms with E-state index < -0.39 is 0 Å². The summed E-state index contributed by atoms with van der Waals surface area (Å²) in [5.41, 5.74) is 4.25. The molecular formula is C23H25NO. The van der Waals surface area contributed by atoms with Gasteiger partial charge >= 0.3 is 0 Å². The maximum absolute atomic E-state index is 10.4. The number of nitrogens with zero attached hydrogens (tertiary/aromatic N) is 1. The van der Waals surface area contributed by atoms with Crippen molar-refractivity contribution in [1.29, 1.82) is 0 Å². The molecule has 0 radical (unpaired) electrons. The minimum Gasteiger partial charge on any atom is -0.507 e. The molecular weight excluding hydrogens is 306 g/mol. The van der Waals surface area contributed by atoms with Gasteiger partial charge in [0.2, 0.25) is 0 Å². The lowest BCUT2D eigenvalue weighted by atomic mass is 9.93. The molecule has 0 unspecified atom stereocenters. The zero-order valence-electron chi connectivity index (χ0n) is 15.3. The molecule has 0 saturated carbocycles. The first-order chi connectivity index (χ1) is 12.0. The third kappa shape index (κ3) is 3.58. The van der Waals surface area contributed by atoms with E-state index in [0.717, 1.165) is 22.0 Å². The third-order valence-electron chi connectivity index (χ3n) is 4.57. The van der Waals surface area contributed by atoms with E-state index in [9.17, 15) is 5.11 Å². The van der Waals surface area contributed by atoms with Gasteiger partial charge in [-0.1, -0.05) is 70.2 Å². The van der Waals surface area contributed by atoms with Gasteiger partial charge in [-0.25, -0.2) is 0 Å². The molecule has 25 heavy (non-hydrogen) atoms. The zero-order chi connectivity index (χ0) is 18.0. The molecule has 0 bridgehead atoms. The molecule has 3 rings (SSSR count). The number of para-hydroxylation sites is 1. The van der Waals surface area contributed by atoms with E-state index in [-0.39, 0.29) is 5.75 Å². The summed E-state index contributed by atoms with van der Waals surface area (Å²) in [5, 5.41) is 12.5. The molecule has 2 nitrogen and oxygen atoms in total. The van der Waals surface area contributed by atoms with Crippen LogP contribution in [0, 0.1) is 0 Å². The summed E-state index contributed by atoms with van der Waals surface area (Å²) in [6.07, 6.45) is 1.79. The number of hydrogen-bond donors (Lipinski definition) is 1. The molecule has 0 heterocycles. The Labute approximate surface area is 149 Å². The highest BCUT2D eigenvalue weighted by Gasteiger charge is 2.13. The van der Waals surface area contributed by atoms with Crippen LogP contribution in [0.15, 0.2) is 59.6 Å². The van der Waals surface area contributed by atoms with Crippen LogP contribution >= 0.6 is 0 Å². The summed E-state index contributed by atoms with van der Waals surface area (Å²) < 4.78 is 0. The number of aromatic hydroxyl groups is 1. The maximum Gasteiger partial charge on any atom is 0.124 e. The van der Waals surface area contributed by atoms with Gasteiger partial charge in [-0.3, -0.25) is 4.99 Å². The monoisotopic (exact) mass is 331 g/mol. The van der Waals surface area contributed by atoms with Gasteiger partial charge in [-0.15, -0.1) is 0 Å². The fraction of sp³-hybridized carbons (Fsp3) is 0.261. The first kappa shape index (κ1) is 17.2. The fourth-order valence-electron chi connectivity index (χ4n) is 3.14. The third-order valence-corrected chi connectivity index (χ3v) is 4.57. The molecule has 3 aromatic rings. The van der Waals surface area contributed by atoms with E-state index in [0.29, 0.717) is 11.8 Å². The molecule has 0 atom stereocenters. The van der Waals surface area contributed by atoms with Crippen molar-refractivity contribution in [3.63, 3.8) is 0 Å². The smallest absolute Gasteiger partial charge is 0.124 e. The predicted octanol–water partition coefficient (Wildman–Crippen LogP) is 6.54. The number of aliphatic imine (C=N–C) groups is 1. The Bertz CT molecular complexity index is 896. The van der Waals surface area contributed by atoms with Crippen LogP contribution in [-0.2, 0) is 0 Å². The van der Waals surface area contributed by atoms with Crippen LogP contribution in [0.25, 0.3) is 10.8 Å². The normalized spacial score (nSPS) is 11.9. The second kappa shape index (κ2) is 7.10. The summed E-state index contributed by atoms with van der Waals surface area (Å²) in [4.78, 5) is 4.80. The number of benzene rings is 3. The standard InChI is InChI=1S/C23H25NO/c1-15(2)20-10-7-11-21(16(3)4)23(20)24-14-19-12-17-8-5-6-9-18(17)13-22(19)25/h5-16,25H,1-4H3. The Balaban J connectivity index is 2.09. The van der Waals surface area contributed by atoms with Gasteiger partial charge in [-0.2, -0.15) is 0 Å². The Hall–Kier alpha value is -2.61. The maximum atomic E-state index is 10.4.